The maximum absolute atomic E-state index is 11.1. The van der Waals surface area contributed by atoms with Gasteiger partial charge in [0.05, 0.1) is 0 Å². The lowest BCUT2D eigenvalue weighted by Gasteiger charge is -2.43. The van der Waals surface area contributed by atoms with Crippen LogP contribution < -0.4 is 11.1 Å². The SMILES string of the molecule is NC(=O)c1ccc(CNCC2(N3CCSCC3)CCCC2)cc1. The summed E-state index contributed by atoms with van der Waals surface area (Å²) in [6.07, 6.45) is 5.37. The van der Waals surface area contributed by atoms with E-state index in [-0.39, 0.29) is 5.91 Å². The van der Waals surface area contributed by atoms with Crippen LogP contribution in [0.15, 0.2) is 24.3 Å². The molecule has 1 heterocycles. The van der Waals surface area contributed by atoms with Gasteiger partial charge in [-0.3, -0.25) is 9.69 Å². The summed E-state index contributed by atoms with van der Waals surface area (Å²) in [6.45, 7) is 4.39. The number of benzene rings is 1. The first-order valence-electron chi connectivity index (χ1n) is 8.62. The predicted octanol–water partition coefficient (Wildman–Crippen LogP) is 2.24. The van der Waals surface area contributed by atoms with Crippen LogP contribution in [-0.4, -0.2) is 47.5 Å². The molecule has 0 bridgehead atoms. The zero-order valence-electron chi connectivity index (χ0n) is 13.7. The highest BCUT2D eigenvalue weighted by molar-refractivity contribution is 7.99. The summed E-state index contributed by atoms with van der Waals surface area (Å²) < 4.78 is 0. The quantitative estimate of drug-likeness (QED) is 0.838. The molecule has 0 radical (unpaired) electrons. The summed E-state index contributed by atoms with van der Waals surface area (Å²) in [6, 6.07) is 7.61. The summed E-state index contributed by atoms with van der Waals surface area (Å²) in [4.78, 5) is 13.9. The van der Waals surface area contributed by atoms with E-state index in [1.165, 1.54) is 55.8 Å². The molecule has 1 saturated heterocycles. The molecular weight excluding hydrogens is 306 g/mol. The van der Waals surface area contributed by atoms with Crippen molar-refractivity contribution < 1.29 is 4.79 Å². The van der Waals surface area contributed by atoms with Gasteiger partial charge in [0, 0.05) is 48.8 Å². The van der Waals surface area contributed by atoms with E-state index in [1.54, 1.807) is 0 Å². The van der Waals surface area contributed by atoms with Gasteiger partial charge in [0.2, 0.25) is 5.91 Å². The maximum atomic E-state index is 11.1. The summed E-state index contributed by atoms with van der Waals surface area (Å²) >= 11 is 2.08. The Balaban J connectivity index is 1.55. The van der Waals surface area contributed by atoms with Crippen LogP contribution in [0, 0.1) is 0 Å². The normalized spacial score (nSPS) is 21.4. The number of rotatable bonds is 6. The van der Waals surface area contributed by atoms with Crippen LogP contribution in [0.4, 0.5) is 0 Å². The molecule has 1 aromatic rings. The van der Waals surface area contributed by atoms with Gasteiger partial charge in [0.25, 0.3) is 0 Å². The van der Waals surface area contributed by atoms with Gasteiger partial charge in [-0.25, -0.2) is 0 Å². The van der Waals surface area contributed by atoms with Gasteiger partial charge >= 0.3 is 0 Å². The number of carbonyl (C=O) groups excluding carboxylic acids is 1. The summed E-state index contributed by atoms with van der Waals surface area (Å²) in [5.41, 5.74) is 7.44. The second kappa shape index (κ2) is 7.69. The van der Waals surface area contributed by atoms with Crippen molar-refractivity contribution in [1.82, 2.24) is 10.2 Å². The molecule has 23 heavy (non-hydrogen) atoms. The molecule has 1 aromatic carbocycles. The summed E-state index contributed by atoms with van der Waals surface area (Å²) in [5, 5.41) is 3.67. The van der Waals surface area contributed by atoms with Gasteiger partial charge in [-0.1, -0.05) is 25.0 Å². The van der Waals surface area contributed by atoms with Crippen LogP contribution in [0.5, 0.6) is 0 Å². The summed E-state index contributed by atoms with van der Waals surface area (Å²) in [5.74, 6) is 2.18. The van der Waals surface area contributed by atoms with Gasteiger partial charge in [-0.15, -0.1) is 0 Å². The smallest absolute Gasteiger partial charge is 0.248 e. The Hall–Kier alpha value is -1.04. The van der Waals surface area contributed by atoms with Crippen LogP contribution in [0.1, 0.15) is 41.6 Å². The highest BCUT2D eigenvalue weighted by atomic mass is 32.2. The number of nitrogens with two attached hydrogens (primary N) is 1. The van der Waals surface area contributed by atoms with Gasteiger partial charge in [0.1, 0.15) is 0 Å². The van der Waals surface area contributed by atoms with Crippen molar-refractivity contribution in [2.45, 2.75) is 37.8 Å². The van der Waals surface area contributed by atoms with Gasteiger partial charge < -0.3 is 11.1 Å². The van der Waals surface area contributed by atoms with Crippen molar-refractivity contribution in [3.63, 3.8) is 0 Å². The van der Waals surface area contributed by atoms with E-state index in [4.69, 9.17) is 5.73 Å². The number of carbonyl (C=O) groups is 1. The molecule has 5 heteroatoms. The predicted molar refractivity (Wildman–Crippen MR) is 96.8 cm³/mol. The third-order valence-corrected chi connectivity index (χ3v) is 6.18. The van der Waals surface area contributed by atoms with E-state index >= 15 is 0 Å². The first-order valence-corrected chi connectivity index (χ1v) is 9.77. The Kier molecular flexibility index (Phi) is 5.62. The molecule has 1 aliphatic carbocycles. The topological polar surface area (TPSA) is 58.4 Å². The maximum Gasteiger partial charge on any atom is 0.248 e. The Morgan fingerprint density at radius 2 is 1.83 bits per heavy atom. The number of hydrogen-bond donors (Lipinski definition) is 2. The molecule has 1 amide bonds. The first-order chi connectivity index (χ1) is 11.2. The van der Waals surface area contributed by atoms with Crippen LogP contribution in [0.25, 0.3) is 0 Å². The molecule has 2 aliphatic rings. The number of nitrogens with one attached hydrogen (secondary N) is 1. The molecular formula is C18H27N3OS. The lowest BCUT2D eigenvalue weighted by molar-refractivity contribution is 0.100. The average molecular weight is 334 g/mol. The van der Waals surface area contributed by atoms with Crippen molar-refractivity contribution in [3.05, 3.63) is 35.4 Å². The molecule has 1 saturated carbocycles. The minimum atomic E-state index is -0.364. The van der Waals surface area contributed by atoms with E-state index in [1.807, 2.05) is 24.3 Å². The number of nitrogens with zero attached hydrogens (tertiary/aromatic N) is 1. The van der Waals surface area contributed by atoms with E-state index in [2.05, 4.69) is 22.0 Å². The number of hydrogen-bond acceptors (Lipinski definition) is 4. The van der Waals surface area contributed by atoms with Crippen molar-refractivity contribution >= 4 is 17.7 Å². The van der Waals surface area contributed by atoms with E-state index in [0.29, 0.717) is 11.1 Å². The van der Waals surface area contributed by atoms with E-state index < -0.39 is 0 Å². The van der Waals surface area contributed by atoms with Crippen LogP contribution in [0.2, 0.25) is 0 Å². The highest BCUT2D eigenvalue weighted by Gasteiger charge is 2.39. The van der Waals surface area contributed by atoms with Gasteiger partial charge in [-0.2, -0.15) is 11.8 Å². The Labute approximate surface area is 143 Å². The van der Waals surface area contributed by atoms with Crippen molar-refractivity contribution in [1.29, 1.82) is 0 Å². The minimum absolute atomic E-state index is 0.364. The fraction of sp³-hybridized carbons (Fsp3) is 0.611. The highest BCUT2D eigenvalue weighted by Crippen LogP contribution is 2.36. The fourth-order valence-electron chi connectivity index (χ4n) is 3.90. The molecule has 0 atom stereocenters. The van der Waals surface area contributed by atoms with Crippen molar-refractivity contribution in [2.24, 2.45) is 5.73 Å². The third-order valence-electron chi connectivity index (χ3n) is 5.24. The lowest BCUT2D eigenvalue weighted by Crippen LogP contribution is -2.55. The van der Waals surface area contributed by atoms with Gasteiger partial charge in [0.15, 0.2) is 0 Å². The molecule has 2 fully saturated rings. The molecule has 126 valence electrons. The van der Waals surface area contributed by atoms with E-state index in [9.17, 15) is 4.79 Å². The van der Waals surface area contributed by atoms with Crippen LogP contribution in [0.3, 0.4) is 0 Å². The fourth-order valence-corrected chi connectivity index (χ4v) is 4.81. The molecule has 0 aromatic heterocycles. The van der Waals surface area contributed by atoms with Crippen molar-refractivity contribution in [3.8, 4) is 0 Å². The second-order valence-electron chi connectivity index (χ2n) is 6.70. The molecule has 0 unspecified atom stereocenters. The second-order valence-corrected chi connectivity index (χ2v) is 7.92. The number of primary amides is 1. The van der Waals surface area contributed by atoms with Gasteiger partial charge in [-0.05, 0) is 30.5 Å². The molecule has 4 nitrogen and oxygen atoms in total. The van der Waals surface area contributed by atoms with E-state index in [0.717, 1.165) is 13.1 Å². The first kappa shape index (κ1) is 16.8. The molecule has 3 rings (SSSR count). The summed E-state index contributed by atoms with van der Waals surface area (Å²) in [7, 11) is 0. The minimum Gasteiger partial charge on any atom is -0.366 e. The van der Waals surface area contributed by atoms with Crippen LogP contribution in [-0.2, 0) is 6.54 Å². The van der Waals surface area contributed by atoms with Crippen LogP contribution >= 0.6 is 11.8 Å². The largest absolute Gasteiger partial charge is 0.366 e. The number of thioether (sulfide) groups is 1. The zero-order chi connectivity index (χ0) is 16.1. The number of amides is 1. The Morgan fingerprint density at radius 1 is 1.17 bits per heavy atom. The Bertz CT molecular complexity index is 520. The van der Waals surface area contributed by atoms with Crippen molar-refractivity contribution in [2.75, 3.05) is 31.1 Å². The third kappa shape index (κ3) is 4.08. The lowest BCUT2D eigenvalue weighted by atomic mass is 9.94. The Morgan fingerprint density at radius 3 is 2.43 bits per heavy atom. The molecule has 3 N–H and O–H groups in total. The standard InChI is InChI=1S/C18H27N3OS/c19-17(22)16-5-3-15(4-6-16)13-20-14-18(7-1-2-8-18)21-9-11-23-12-10-21/h3-6,20H,1-2,7-14H2,(H2,19,22). The molecule has 1 aliphatic heterocycles. The average Bonchev–Trinajstić information content (AvgIpc) is 3.06. The molecule has 0 spiro atoms. The monoisotopic (exact) mass is 333 g/mol. The zero-order valence-corrected chi connectivity index (χ0v) is 14.5.